The molecule has 0 aliphatic rings. The number of halogens is 1. The Morgan fingerprint density at radius 2 is 2.22 bits per heavy atom. The molecule has 18 heavy (non-hydrogen) atoms. The van der Waals surface area contributed by atoms with Gasteiger partial charge in [-0.15, -0.1) is 24.0 Å². The molecule has 1 N–H and O–H groups in total. The zero-order chi connectivity index (χ0) is 13.1. The highest BCUT2D eigenvalue weighted by molar-refractivity contribution is 9.10. The number of hydrogen-bond donors (Lipinski definition) is 2. The van der Waals surface area contributed by atoms with Crippen molar-refractivity contribution in [1.82, 2.24) is 5.32 Å². The molecular weight excluding hydrogens is 330 g/mol. The quantitative estimate of drug-likeness (QED) is 0.810. The van der Waals surface area contributed by atoms with Gasteiger partial charge in [-0.1, -0.05) is 6.07 Å². The van der Waals surface area contributed by atoms with Crippen LogP contribution in [0.4, 0.5) is 0 Å². The molecule has 1 aromatic carbocycles. The summed E-state index contributed by atoms with van der Waals surface area (Å²) in [6, 6.07) is 7.55. The molecule has 94 valence electrons. The zero-order valence-electron chi connectivity index (χ0n) is 9.74. The zero-order valence-corrected chi connectivity index (χ0v) is 13.0. The molecule has 1 amide bonds. The van der Waals surface area contributed by atoms with E-state index in [1.54, 1.807) is 17.4 Å². The molecule has 0 bridgehead atoms. The Morgan fingerprint density at radius 1 is 1.44 bits per heavy atom. The first-order chi connectivity index (χ1) is 8.58. The third-order valence-corrected chi connectivity index (χ3v) is 4.77. The highest BCUT2D eigenvalue weighted by atomic mass is 79.9. The number of nitrogens with one attached hydrogen (secondary N) is 1. The number of benzene rings is 1. The molecule has 0 spiro atoms. The number of carbonyl (C=O) groups excluding carboxylic acids is 1. The van der Waals surface area contributed by atoms with Gasteiger partial charge in [0, 0.05) is 19.8 Å². The Morgan fingerprint density at radius 3 is 2.89 bits per heavy atom. The number of amides is 1. The number of rotatable bonds is 3. The van der Waals surface area contributed by atoms with E-state index in [9.17, 15) is 4.79 Å². The maximum atomic E-state index is 12.1. The van der Waals surface area contributed by atoms with Gasteiger partial charge in [-0.2, -0.15) is 0 Å². The number of carbonyl (C=O) groups is 1. The van der Waals surface area contributed by atoms with E-state index >= 15 is 0 Å². The number of thiol groups is 1. The summed E-state index contributed by atoms with van der Waals surface area (Å²) in [4.78, 5) is 14.0. The first-order valence-corrected chi connectivity index (χ1v) is 7.49. The second-order valence-electron chi connectivity index (χ2n) is 3.87. The van der Waals surface area contributed by atoms with Crippen LogP contribution < -0.4 is 5.32 Å². The molecule has 0 saturated carbocycles. The van der Waals surface area contributed by atoms with E-state index < -0.39 is 0 Å². The van der Waals surface area contributed by atoms with Gasteiger partial charge in [0.2, 0.25) is 0 Å². The predicted molar refractivity (Wildman–Crippen MR) is 81.6 cm³/mol. The van der Waals surface area contributed by atoms with Crippen molar-refractivity contribution in [3.05, 3.63) is 50.1 Å². The summed E-state index contributed by atoms with van der Waals surface area (Å²) < 4.78 is 1.03. The van der Waals surface area contributed by atoms with Crippen LogP contribution in [-0.2, 0) is 6.54 Å². The van der Waals surface area contributed by atoms with Gasteiger partial charge in [-0.05, 0) is 52.0 Å². The summed E-state index contributed by atoms with van der Waals surface area (Å²) in [5.41, 5.74) is 1.63. The van der Waals surface area contributed by atoms with E-state index in [0.717, 1.165) is 19.8 Å². The molecule has 0 atom stereocenters. The highest BCUT2D eigenvalue weighted by Crippen LogP contribution is 2.22. The Hall–Kier alpha value is -0.780. The smallest absolute Gasteiger partial charge is 0.251 e. The minimum atomic E-state index is -0.0660. The molecule has 0 unspecified atom stereocenters. The van der Waals surface area contributed by atoms with Crippen LogP contribution in [0.1, 0.15) is 20.8 Å². The van der Waals surface area contributed by atoms with Gasteiger partial charge in [0.25, 0.3) is 5.91 Å². The van der Waals surface area contributed by atoms with Crippen LogP contribution in [-0.4, -0.2) is 5.91 Å². The van der Waals surface area contributed by atoms with Crippen molar-refractivity contribution < 1.29 is 4.79 Å². The summed E-state index contributed by atoms with van der Waals surface area (Å²) in [7, 11) is 0. The van der Waals surface area contributed by atoms with Crippen LogP contribution in [0, 0.1) is 6.92 Å². The summed E-state index contributed by atoms with van der Waals surface area (Å²) in [6.07, 6.45) is 0. The van der Waals surface area contributed by atoms with Crippen LogP contribution in [0.5, 0.6) is 0 Å². The molecule has 0 radical (unpaired) electrons. The minimum Gasteiger partial charge on any atom is -0.347 e. The topological polar surface area (TPSA) is 29.1 Å². The molecule has 2 rings (SSSR count). The Bertz CT molecular complexity index is 580. The largest absolute Gasteiger partial charge is 0.347 e. The predicted octanol–water partition coefficient (Wildman–Crippen LogP) is 4.04. The van der Waals surface area contributed by atoms with E-state index in [1.165, 1.54) is 0 Å². The second kappa shape index (κ2) is 5.91. The van der Waals surface area contributed by atoms with Crippen LogP contribution in [0.25, 0.3) is 0 Å². The van der Waals surface area contributed by atoms with Crippen LogP contribution in [0.15, 0.2) is 39.0 Å². The normalized spacial score (nSPS) is 10.4. The standard InChI is InChI=1S/C13H12BrNOS2/c1-8-2-3-9(17)6-10(8)13(16)15-7-12-11(14)4-5-18-12/h2-6,17H,7H2,1H3,(H,15,16). The van der Waals surface area contributed by atoms with Gasteiger partial charge >= 0.3 is 0 Å². The second-order valence-corrected chi connectivity index (χ2v) is 6.25. The van der Waals surface area contributed by atoms with Crippen molar-refractivity contribution in [2.24, 2.45) is 0 Å². The molecule has 1 aromatic heterocycles. The van der Waals surface area contributed by atoms with E-state index in [-0.39, 0.29) is 5.91 Å². The summed E-state index contributed by atoms with van der Waals surface area (Å²) >= 11 is 9.32. The van der Waals surface area contributed by atoms with Gasteiger partial charge in [0.1, 0.15) is 0 Å². The Kier molecular flexibility index (Phi) is 4.48. The molecular formula is C13H12BrNOS2. The number of aryl methyl sites for hydroxylation is 1. The molecule has 0 aliphatic heterocycles. The van der Waals surface area contributed by atoms with Crippen molar-refractivity contribution in [2.75, 3.05) is 0 Å². The first-order valence-electron chi connectivity index (χ1n) is 5.37. The lowest BCUT2D eigenvalue weighted by Gasteiger charge is -2.07. The van der Waals surface area contributed by atoms with Gasteiger partial charge < -0.3 is 5.32 Å². The minimum absolute atomic E-state index is 0.0660. The molecule has 1 heterocycles. The van der Waals surface area contributed by atoms with Crippen molar-refractivity contribution in [2.45, 2.75) is 18.4 Å². The van der Waals surface area contributed by atoms with Crippen molar-refractivity contribution >= 4 is 45.8 Å². The van der Waals surface area contributed by atoms with Gasteiger partial charge in [0.05, 0.1) is 6.54 Å². The fraction of sp³-hybridized carbons (Fsp3) is 0.154. The third kappa shape index (κ3) is 3.16. The maximum Gasteiger partial charge on any atom is 0.251 e. The lowest BCUT2D eigenvalue weighted by Crippen LogP contribution is -2.23. The molecule has 2 nitrogen and oxygen atoms in total. The first kappa shape index (κ1) is 13.6. The summed E-state index contributed by atoms with van der Waals surface area (Å²) in [5.74, 6) is -0.0660. The average molecular weight is 342 g/mol. The molecule has 2 aromatic rings. The molecule has 0 aliphatic carbocycles. The fourth-order valence-corrected chi connectivity index (χ4v) is 3.20. The van der Waals surface area contributed by atoms with Crippen molar-refractivity contribution in [3.8, 4) is 0 Å². The van der Waals surface area contributed by atoms with E-state index in [4.69, 9.17) is 0 Å². The SMILES string of the molecule is Cc1ccc(S)cc1C(=O)NCc1sccc1Br. The van der Waals surface area contributed by atoms with Gasteiger partial charge in [-0.25, -0.2) is 0 Å². The average Bonchev–Trinajstić information content (AvgIpc) is 2.75. The molecule has 5 heteroatoms. The van der Waals surface area contributed by atoms with Crippen molar-refractivity contribution in [3.63, 3.8) is 0 Å². The molecule has 0 saturated heterocycles. The molecule has 0 fully saturated rings. The monoisotopic (exact) mass is 341 g/mol. The Balaban J connectivity index is 2.08. The van der Waals surface area contributed by atoms with E-state index in [2.05, 4.69) is 33.9 Å². The maximum absolute atomic E-state index is 12.1. The van der Waals surface area contributed by atoms with Gasteiger partial charge in [0.15, 0.2) is 0 Å². The van der Waals surface area contributed by atoms with Crippen LogP contribution >= 0.6 is 39.9 Å². The Labute approximate surface area is 124 Å². The van der Waals surface area contributed by atoms with Gasteiger partial charge in [-0.3, -0.25) is 4.79 Å². The third-order valence-electron chi connectivity index (χ3n) is 2.57. The van der Waals surface area contributed by atoms with E-state index in [1.807, 2.05) is 30.5 Å². The lowest BCUT2D eigenvalue weighted by molar-refractivity contribution is 0.0950. The lowest BCUT2D eigenvalue weighted by atomic mass is 10.1. The fourth-order valence-electron chi connectivity index (χ4n) is 1.56. The number of hydrogen-bond acceptors (Lipinski definition) is 3. The van der Waals surface area contributed by atoms with E-state index in [0.29, 0.717) is 12.1 Å². The summed E-state index contributed by atoms with van der Waals surface area (Å²) in [5, 5.41) is 4.91. The highest BCUT2D eigenvalue weighted by Gasteiger charge is 2.10. The van der Waals surface area contributed by atoms with Crippen LogP contribution in [0.2, 0.25) is 0 Å². The van der Waals surface area contributed by atoms with Crippen LogP contribution in [0.3, 0.4) is 0 Å². The number of thiophene rings is 1. The summed E-state index contributed by atoms with van der Waals surface area (Å²) in [6.45, 7) is 2.45. The van der Waals surface area contributed by atoms with Crippen molar-refractivity contribution in [1.29, 1.82) is 0 Å².